The highest BCUT2D eigenvalue weighted by molar-refractivity contribution is 6.35. The minimum Gasteiger partial charge on any atom is -0.493 e. The summed E-state index contributed by atoms with van der Waals surface area (Å²) < 4.78 is 10.7. The number of carbonyl (C=O) groups excluding carboxylic acids is 3. The van der Waals surface area contributed by atoms with Crippen molar-refractivity contribution in [2.24, 2.45) is 0 Å². The number of ether oxygens (including phenoxy) is 2. The van der Waals surface area contributed by atoms with Gasteiger partial charge in [0.05, 0.1) is 13.7 Å². The lowest BCUT2D eigenvalue weighted by molar-refractivity contribution is -0.156. The molecule has 26 heavy (non-hydrogen) atoms. The highest BCUT2D eigenvalue weighted by Gasteiger charge is 2.32. The smallest absolute Gasteiger partial charge is 0.312 e. The number of nitrogens with zero attached hydrogens (tertiary/aromatic N) is 2. The second-order valence-corrected chi connectivity index (χ2v) is 5.81. The lowest BCUT2D eigenvalue weighted by Crippen LogP contribution is -2.56. The van der Waals surface area contributed by atoms with E-state index in [9.17, 15) is 14.4 Å². The summed E-state index contributed by atoms with van der Waals surface area (Å²) in [6, 6.07) is 5.42. The van der Waals surface area contributed by atoms with Crippen LogP contribution in [-0.2, 0) is 20.9 Å². The molecule has 1 saturated heterocycles. The highest BCUT2D eigenvalue weighted by Crippen LogP contribution is 2.27. The Morgan fingerprint density at radius 2 is 1.81 bits per heavy atom. The number of methoxy groups -OCH3 is 1. The van der Waals surface area contributed by atoms with Crippen molar-refractivity contribution >= 4 is 17.7 Å². The maximum absolute atomic E-state index is 12.1. The average molecular weight is 363 g/mol. The molecule has 142 valence electrons. The second kappa shape index (κ2) is 9.07. The topological polar surface area (TPSA) is 88.2 Å². The molecule has 1 aliphatic heterocycles. The van der Waals surface area contributed by atoms with E-state index in [1.807, 2.05) is 19.9 Å². The quantitative estimate of drug-likeness (QED) is 0.676. The monoisotopic (exact) mass is 363 g/mol. The molecule has 0 radical (unpaired) electrons. The maximum atomic E-state index is 12.1. The fraction of sp³-hybridized carbons (Fsp3) is 0.500. The van der Waals surface area contributed by atoms with E-state index in [4.69, 9.17) is 9.47 Å². The molecular weight excluding hydrogens is 338 g/mol. The van der Waals surface area contributed by atoms with Gasteiger partial charge in [-0.15, -0.1) is 0 Å². The van der Waals surface area contributed by atoms with Crippen LogP contribution in [0.1, 0.15) is 19.4 Å². The zero-order valence-corrected chi connectivity index (χ0v) is 15.4. The average Bonchev–Trinajstić information content (AvgIpc) is 2.65. The molecule has 3 amide bonds. The van der Waals surface area contributed by atoms with Gasteiger partial charge < -0.3 is 24.6 Å². The maximum Gasteiger partial charge on any atom is 0.312 e. The molecule has 8 heteroatoms. The van der Waals surface area contributed by atoms with E-state index < -0.39 is 11.8 Å². The van der Waals surface area contributed by atoms with Gasteiger partial charge in [-0.05, 0) is 31.5 Å². The van der Waals surface area contributed by atoms with E-state index in [1.165, 1.54) is 9.80 Å². The molecule has 1 aliphatic rings. The summed E-state index contributed by atoms with van der Waals surface area (Å²) in [6.07, 6.45) is 0. The number of hydrogen-bond acceptors (Lipinski definition) is 5. The highest BCUT2D eigenvalue weighted by atomic mass is 16.5. The summed E-state index contributed by atoms with van der Waals surface area (Å²) in [7, 11) is 1.55. The third-order valence-electron chi connectivity index (χ3n) is 4.13. The summed E-state index contributed by atoms with van der Waals surface area (Å²) in [5, 5.41) is 2.76. The third-order valence-corrected chi connectivity index (χ3v) is 4.13. The first-order chi connectivity index (χ1) is 12.5. The van der Waals surface area contributed by atoms with Gasteiger partial charge in [-0.25, -0.2) is 0 Å². The largest absolute Gasteiger partial charge is 0.493 e. The van der Waals surface area contributed by atoms with Gasteiger partial charge >= 0.3 is 11.8 Å². The van der Waals surface area contributed by atoms with E-state index in [0.717, 1.165) is 5.56 Å². The van der Waals surface area contributed by atoms with Crippen LogP contribution in [0.4, 0.5) is 0 Å². The van der Waals surface area contributed by atoms with Crippen LogP contribution in [0.3, 0.4) is 0 Å². The first-order valence-electron chi connectivity index (χ1n) is 8.64. The van der Waals surface area contributed by atoms with Gasteiger partial charge in [0, 0.05) is 26.2 Å². The molecule has 0 spiro atoms. The fourth-order valence-electron chi connectivity index (χ4n) is 2.69. The first-order valence-corrected chi connectivity index (χ1v) is 8.64. The van der Waals surface area contributed by atoms with Gasteiger partial charge in [-0.1, -0.05) is 6.07 Å². The zero-order chi connectivity index (χ0) is 19.1. The van der Waals surface area contributed by atoms with Gasteiger partial charge in [0.15, 0.2) is 11.5 Å². The van der Waals surface area contributed by atoms with Crippen molar-refractivity contribution in [3.8, 4) is 11.5 Å². The van der Waals surface area contributed by atoms with Gasteiger partial charge in [0.25, 0.3) is 0 Å². The molecule has 0 bridgehead atoms. The molecule has 0 aliphatic carbocycles. The molecule has 2 rings (SSSR count). The first kappa shape index (κ1) is 19.6. The molecule has 1 aromatic carbocycles. The van der Waals surface area contributed by atoms with E-state index >= 15 is 0 Å². The van der Waals surface area contributed by atoms with Crippen LogP contribution in [0.5, 0.6) is 11.5 Å². The predicted octanol–water partition coefficient (Wildman–Crippen LogP) is 0.401. The molecule has 1 fully saturated rings. The Hall–Kier alpha value is -2.77. The molecule has 0 aromatic heterocycles. The van der Waals surface area contributed by atoms with Crippen LogP contribution in [0.25, 0.3) is 0 Å². The third kappa shape index (κ3) is 4.65. The van der Waals surface area contributed by atoms with Gasteiger partial charge in [-0.2, -0.15) is 0 Å². The standard InChI is InChI=1S/C18H25N3O5/c1-4-20-8-9-21(18(24)17(20)23)12-16(22)19-11-13-6-7-14(26-5-2)15(10-13)25-3/h6-7,10H,4-5,8-9,11-12H2,1-3H3,(H,19,22). The number of likely N-dealkylation sites (N-methyl/N-ethyl adjacent to an activating group) is 1. The number of piperazine rings is 1. The van der Waals surface area contributed by atoms with E-state index in [0.29, 0.717) is 44.3 Å². The van der Waals surface area contributed by atoms with Gasteiger partial charge in [0.1, 0.15) is 6.54 Å². The van der Waals surface area contributed by atoms with E-state index in [1.54, 1.807) is 19.2 Å². The number of rotatable bonds is 8. The van der Waals surface area contributed by atoms with Gasteiger partial charge in [-0.3, -0.25) is 14.4 Å². The summed E-state index contributed by atoms with van der Waals surface area (Å²) in [5.41, 5.74) is 0.844. The Labute approximate surface area is 153 Å². The lowest BCUT2D eigenvalue weighted by atomic mass is 10.2. The molecule has 1 aromatic rings. The van der Waals surface area contributed by atoms with Crippen LogP contribution in [0.2, 0.25) is 0 Å². The number of nitrogens with one attached hydrogen (secondary N) is 1. The van der Waals surface area contributed by atoms with Crippen LogP contribution >= 0.6 is 0 Å². The SMILES string of the molecule is CCOc1ccc(CNC(=O)CN2CCN(CC)C(=O)C2=O)cc1OC. The molecule has 8 nitrogen and oxygen atoms in total. The predicted molar refractivity (Wildman–Crippen MR) is 94.8 cm³/mol. The van der Waals surface area contributed by atoms with Crippen LogP contribution in [0.15, 0.2) is 18.2 Å². The Kier molecular flexibility index (Phi) is 6.82. The number of benzene rings is 1. The summed E-state index contributed by atoms with van der Waals surface area (Å²) in [6.45, 7) is 5.70. The Morgan fingerprint density at radius 3 is 2.46 bits per heavy atom. The fourth-order valence-corrected chi connectivity index (χ4v) is 2.69. The minimum absolute atomic E-state index is 0.129. The molecule has 0 unspecified atom stereocenters. The number of amides is 3. The summed E-state index contributed by atoms with van der Waals surface area (Å²) in [5.74, 6) is -0.263. The van der Waals surface area contributed by atoms with Crippen LogP contribution < -0.4 is 14.8 Å². The minimum atomic E-state index is -0.629. The van der Waals surface area contributed by atoms with Crippen molar-refractivity contribution in [2.45, 2.75) is 20.4 Å². The van der Waals surface area contributed by atoms with Crippen LogP contribution in [0, 0.1) is 0 Å². The Bertz CT molecular complexity index is 677. The van der Waals surface area contributed by atoms with Crippen molar-refractivity contribution in [2.75, 3.05) is 39.9 Å². The number of carbonyl (C=O) groups is 3. The van der Waals surface area contributed by atoms with Crippen molar-refractivity contribution in [1.82, 2.24) is 15.1 Å². The zero-order valence-electron chi connectivity index (χ0n) is 15.4. The van der Waals surface area contributed by atoms with Crippen molar-refractivity contribution in [3.63, 3.8) is 0 Å². The Balaban J connectivity index is 1.89. The van der Waals surface area contributed by atoms with Crippen molar-refractivity contribution < 1.29 is 23.9 Å². The molecule has 0 saturated carbocycles. The normalized spacial score (nSPS) is 14.4. The van der Waals surface area contributed by atoms with E-state index in [-0.39, 0.29) is 12.5 Å². The molecule has 1 N–H and O–H groups in total. The summed E-state index contributed by atoms with van der Waals surface area (Å²) >= 11 is 0. The number of hydrogen-bond donors (Lipinski definition) is 1. The lowest BCUT2D eigenvalue weighted by Gasteiger charge is -2.32. The molecular formula is C18H25N3O5. The van der Waals surface area contributed by atoms with Crippen molar-refractivity contribution in [3.05, 3.63) is 23.8 Å². The summed E-state index contributed by atoms with van der Waals surface area (Å²) in [4.78, 5) is 38.8. The molecule has 1 heterocycles. The Morgan fingerprint density at radius 1 is 1.12 bits per heavy atom. The molecule has 0 atom stereocenters. The second-order valence-electron chi connectivity index (χ2n) is 5.81. The van der Waals surface area contributed by atoms with Gasteiger partial charge in [0.2, 0.25) is 5.91 Å². The van der Waals surface area contributed by atoms with Crippen molar-refractivity contribution in [1.29, 1.82) is 0 Å². The van der Waals surface area contributed by atoms with Crippen LogP contribution in [-0.4, -0.2) is 67.4 Å². The van der Waals surface area contributed by atoms with E-state index in [2.05, 4.69) is 5.32 Å².